The van der Waals surface area contributed by atoms with Crippen LogP contribution in [0.1, 0.15) is 58.3 Å². The van der Waals surface area contributed by atoms with Crippen LogP contribution in [-0.2, 0) is 14.8 Å². The second-order valence-electron chi connectivity index (χ2n) is 4.17. The highest BCUT2D eigenvalue weighted by Crippen LogP contribution is 2.08. The van der Waals surface area contributed by atoms with E-state index in [1.807, 2.05) is 4.72 Å². The molecular formula is C11H23NO3S. The Hall–Kier alpha value is -0.580. The first-order valence-corrected chi connectivity index (χ1v) is 7.85. The number of carbonyl (C=O) groups excluding carboxylic acids is 1. The van der Waals surface area contributed by atoms with Gasteiger partial charge >= 0.3 is 0 Å². The number of carbonyl (C=O) groups is 1. The Morgan fingerprint density at radius 1 is 1.00 bits per heavy atom. The molecule has 0 unspecified atom stereocenters. The van der Waals surface area contributed by atoms with Crippen LogP contribution in [0.3, 0.4) is 0 Å². The molecule has 0 atom stereocenters. The van der Waals surface area contributed by atoms with Gasteiger partial charge in [-0.3, -0.25) is 9.52 Å². The summed E-state index contributed by atoms with van der Waals surface area (Å²) in [7, 11) is -3.38. The number of sulfonamides is 1. The molecule has 0 aliphatic carbocycles. The summed E-state index contributed by atoms with van der Waals surface area (Å²) in [5.41, 5.74) is 0. The van der Waals surface area contributed by atoms with E-state index < -0.39 is 15.9 Å². The van der Waals surface area contributed by atoms with Crippen LogP contribution in [0.2, 0.25) is 0 Å². The summed E-state index contributed by atoms with van der Waals surface area (Å²) < 4.78 is 23.4. The van der Waals surface area contributed by atoms with Crippen LogP contribution in [0.5, 0.6) is 0 Å². The van der Waals surface area contributed by atoms with Crippen LogP contribution in [-0.4, -0.2) is 20.6 Å². The van der Waals surface area contributed by atoms with Gasteiger partial charge < -0.3 is 0 Å². The number of hydrogen-bond donors (Lipinski definition) is 1. The molecule has 4 nitrogen and oxygen atoms in total. The molecule has 0 aromatic carbocycles. The molecule has 0 spiro atoms. The van der Waals surface area contributed by atoms with Crippen LogP contribution < -0.4 is 4.72 Å². The molecular weight excluding hydrogens is 226 g/mol. The third kappa shape index (κ3) is 11.5. The zero-order valence-corrected chi connectivity index (χ0v) is 11.1. The lowest BCUT2D eigenvalue weighted by atomic mass is 10.1. The predicted octanol–water partition coefficient (Wildman–Crippen LogP) is 2.20. The van der Waals surface area contributed by atoms with E-state index >= 15 is 0 Å². The maximum absolute atomic E-state index is 11.1. The van der Waals surface area contributed by atoms with Gasteiger partial charge in [-0.1, -0.05) is 45.4 Å². The zero-order valence-electron chi connectivity index (χ0n) is 10.3. The minimum Gasteiger partial charge on any atom is -0.274 e. The molecule has 0 fully saturated rings. The van der Waals surface area contributed by atoms with Crippen molar-refractivity contribution in [3.8, 4) is 0 Å². The van der Waals surface area contributed by atoms with E-state index in [0.29, 0.717) is 6.42 Å². The highest BCUT2D eigenvalue weighted by Gasteiger charge is 2.07. The molecule has 1 N–H and O–H groups in total. The van der Waals surface area contributed by atoms with Crippen molar-refractivity contribution >= 4 is 15.9 Å². The quantitative estimate of drug-likeness (QED) is 0.637. The zero-order chi connectivity index (χ0) is 12.4. The van der Waals surface area contributed by atoms with Gasteiger partial charge in [-0.05, 0) is 6.42 Å². The molecule has 96 valence electrons. The van der Waals surface area contributed by atoms with E-state index in [-0.39, 0.29) is 0 Å². The first-order valence-electron chi connectivity index (χ1n) is 5.96. The SMILES string of the molecule is CCCCCCCCCC(=O)NS(C)(=O)=O. The number of amides is 1. The highest BCUT2D eigenvalue weighted by molar-refractivity contribution is 7.89. The maximum Gasteiger partial charge on any atom is 0.233 e. The normalized spacial score (nSPS) is 11.4. The number of hydrogen-bond acceptors (Lipinski definition) is 3. The van der Waals surface area contributed by atoms with Gasteiger partial charge in [0, 0.05) is 6.42 Å². The molecule has 16 heavy (non-hydrogen) atoms. The summed E-state index contributed by atoms with van der Waals surface area (Å²) in [4.78, 5) is 11.1. The second-order valence-corrected chi connectivity index (χ2v) is 5.92. The molecule has 0 aromatic heterocycles. The minimum absolute atomic E-state index is 0.306. The fraction of sp³-hybridized carbons (Fsp3) is 0.909. The first kappa shape index (κ1) is 15.4. The van der Waals surface area contributed by atoms with Gasteiger partial charge in [-0.25, -0.2) is 8.42 Å². The lowest BCUT2D eigenvalue weighted by Crippen LogP contribution is -2.28. The molecule has 0 saturated heterocycles. The molecule has 0 radical (unpaired) electrons. The van der Waals surface area contributed by atoms with Gasteiger partial charge in [0.05, 0.1) is 6.26 Å². The fourth-order valence-corrected chi connectivity index (χ4v) is 2.02. The standard InChI is InChI=1S/C11H23NO3S/c1-3-4-5-6-7-8-9-10-11(13)12-16(2,14)15/h3-10H2,1-2H3,(H,12,13). The van der Waals surface area contributed by atoms with Crippen molar-refractivity contribution in [1.82, 2.24) is 4.72 Å². The average Bonchev–Trinajstić information content (AvgIpc) is 2.13. The minimum atomic E-state index is -3.38. The second kappa shape index (κ2) is 8.56. The van der Waals surface area contributed by atoms with Crippen molar-refractivity contribution in [2.45, 2.75) is 58.3 Å². The number of unbranched alkanes of at least 4 members (excludes halogenated alkanes) is 6. The molecule has 0 aromatic rings. The summed E-state index contributed by atoms with van der Waals surface area (Å²) in [6, 6.07) is 0. The predicted molar refractivity (Wildman–Crippen MR) is 65.6 cm³/mol. The van der Waals surface area contributed by atoms with E-state index in [1.165, 1.54) is 25.7 Å². The van der Waals surface area contributed by atoms with Crippen molar-refractivity contribution in [2.24, 2.45) is 0 Å². The van der Waals surface area contributed by atoms with Crippen LogP contribution in [0.4, 0.5) is 0 Å². The fourth-order valence-electron chi connectivity index (χ4n) is 1.50. The van der Waals surface area contributed by atoms with Crippen LogP contribution in [0.25, 0.3) is 0 Å². The Kier molecular flexibility index (Phi) is 8.25. The van der Waals surface area contributed by atoms with Crippen molar-refractivity contribution in [3.63, 3.8) is 0 Å². The molecule has 0 saturated carbocycles. The van der Waals surface area contributed by atoms with Crippen LogP contribution >= 0.6 is 0 Å². The lowest BCUT2D eigenvalue weighted by Gasteiger charge is -2.02. The van der Waals surface area contributed by atoms with E-state index in [2.05, 4.69) is 6.92 Å². The van der Waals surface area contributed by atoms with Gasteiger partial charge in [-0.15, -0.1) is 0 Å². The summed E-state index contributed by atoms with van der Waals surface area (Å²) in [6.45, 7) is 2.18. The smallest absolute Gasteiger partial charge is 0.233 e. The molecule has 1 amide bonds. The monoisotopic (exact) mass is 249 g/mol. The van der Waals surface area contributed by atoms with E-state index in [1.54, 1.807) is 0 Å². The Balaban J connectivity index is 3.35. The van der Waals surface area contributed by atoms with Gasteiger partial charge in [0.25, 0.3) is 0 Å². The van der Waals surface area contributed by atoms with Crippen LogP contribution in [0.15, 0.2) is 0 Å². The van der Waals surface area contributed by atoms with Crippen molar-refractivity contribution in [3.05, 3.63) is 0 Å². The van der Waals surface area contributed by atoms with Gasteiger partial charge in [0.1, 0.15) is 0 Å². The lowest BCUT2D eigenvalue weighted by molar-refractivity contribution is -0.119. The van der Waals surface area contributed by atoms with Crippen molar-refractivity contribution in [1.29, 1.82) is 0 Å². The Morgan fingerprint density at radius 3 is 2.00 bits per heavy atom. The molecule has 0 bridgehead atoms. The largest absolute Gasteiger partial charge is 0.274 e. The van der Waals surface area contributed by atoms with Gasteiger partial charge in [0.2, 0.25) is 15.9 Å². The molecule has 0 rings (SSSR count). The average molecular weight is 249 g/mol. The van der Waals surface area contributed by atoms with Gasteiger partial charge in [-0.2, -0.15) is 0 Å². The number of rotatable bonds is 9. The third-order valence-electron chi connectivity index (χ3n) is 2.31. The molecule has 5 heteroatoms. The Labute approximate surface area is 98.9 Å². The maximum atomic E-state index is 11.1. The summed E-state index contributed by atoms with van der Waals surface area (Å²) in [6.07, 6.45) is 9.18. The van der Waals surface area contributed by atoms with E-state index in [9.17, 15) is 13.2 Å². The van der Waals surface area contributed by atoms with Gasteiger partial charge in [0.15, 0.2) is 0 Å². The highest BCUT2D eigenvalue weighted by atomic mass is 32.2. The Bertz CT molecular complexity index is 286. The van der Waals surface area contributed by atoms with Crippen LogP contribution in [0, 0.1) is 0 Å². The summed E-state index contributed by atoms with van der Waals surface area (Å²) in [5, 5.41) is 0. The summed E-state index contributed by atoms with van der Waals surface area (Å²) >= 11 is 0. The summed E-state index contributed by atoms with van der Waals surface area (Å²) in [5.74, 6) is -0.393. The molecule has 0 heterocycles. The van der Waals surface area contributed by atoms with E-state index in [0.717, 1.165) is 25.5 Å². The number of nitrogens with one attached hydrogen (secondary N) is 1. The van der Waals surface area contributed by atoms with E-state index in [4.69, 9.17) is 0 Å². The third-order valence-corrected chi connectivity index (χ3v) is 2.91. The van der Waals surface area contributed by atoms with Crippen molar-refractivity contribution in [2.75, 3.05) is 6.26 Å². The topological polar surface area (TPSA) is 63.2 Å². The van der Waals surface area contributed by atoms with Crippen molar-refractivity contribution < 1.29 is 13.2 Å². The first-order chi connectivity index (χ1) is 7.45. The molecule has 0 aliphatic heterocycles. The molecule has 0 aliphatic rings. The Morgan fingerprint density at radius 2 is 1.50 bits per heavy atom.